The van der Waals surface area contributed by atoms with Crippen molar-refractivity contribution in [2.75, 3.05) is 39.6 Å². The van der Waals surface area contributed by atoms with Crippen molar-refractivity contribution >= 4 is 68.8 Å². The number of aliphatic hydroxyl groups excluding tert-OH is 1. The first-order valence-corrected chi connectivity index (χ1v) is 20.7. The highest BCUT2D eigenvalue weighted by molar-refractivity contribution is 7.15. The molecular formula is C42H49ClN4O10S2. The quantitative estimate of drug-likeness (QED) is 0.0661. The molecular weight excluding hydrogens is 820 g/mol. The Hall–Kier alpha value is -5.13. The van der Waals surface area contributed by atoms with Crippen LogP contribution in [-0.2, 0) is 33.3 Å². The number of thiazole rings is 2. The molecule has 17 heteroatoms. The highest BCUT2D eigenvalue weighted by Gasteiger charge is 2.43. The van der Waals surface area contributed by atoms with Crippen LogP contribution in [-0.4, -0.2) is 89.2 Å². The molecule has 0 atom stereocenters. The fraction of sp³-hybridized carbons (Fsp3) is 0.381. The summed E-state index contributed by atoms with van der Waals surface area (Å²) < 4.78 is 24.8. The molecule has 4 heterocycles. The van der Waals surface area contributed by atoms with Gasteiger partial charge >= 0.3 is 11.6 Å². The lowest BCUT2D eigenvalue weighted by atomic mass is 10.0. The van der Waals surface area contributed by atoms with E-state index in [0.717, 1.165) is 30.9 Å². The fourth-order valence-electron chi connectivity index (χ4n) is 5.69. The second kappa shape index (κ2) is 21.2. The Morgan fingerprint density at radius 3 is 1.58 bits per heavy atom. The molecule has 59 heavy (non-hydrogen) atoms. The Balaban J connectivity index is 0.000000223. The molecule has 2 aliphatic rings. The number of carbonyl (C=O) groups is 4. The highest BCUT2D eigenvalue weighted by atomic mass is 35.5. The molecule has 0 spiro atoms. The SMILES string of the molecule is CCOCCOC(=O)Cl.CCOCCOC(=O)OC1=C(c2nc(-c3ccccc3)sc2C)C(=O)NC1(C)C.Cc1sc(-c2ccccc2)nc1C1=C(O)C(C)(C)NC1=O. The van der Waals surface area contributed by atoms with E-state index in [0.29, 0.717) is 31.2 Å². The third-order valence-corrected chi connectivity index (χ3v) is 10.7. The predicted molar refractivity (Wildman–Crippen MR) is 228 cm³/mol. The molecule has 14 nitrogen and oxygen atoms in total. The highest BCUT2D eigenvalue weighted by Crippen LogP contribution is 2.39. The van der Waals surface area contributed by atoms with Gasteiger partial charge in [0.05, 0.1) is 35.7 Å². The fourth-order valence-corrected chi connectivity index (χ4v) is 7.62. The van der Waals surface area contributed by atoms with E-state index in [1.54, 1.807) is 27.7 Å². The normalized spacial score (nSPS) is 15.1. The number of halogens is 1. The zero-order valence-corrected chi connectivity index (χ0v) is 36.6. The van der Waals surface area contributed by atoms with Gasteiger partial charge in [-0.15, -0.1) is 22.7 Å². The van der Waals surface area contributed by atoms with Crippen LogP contribution in [0.5, 0.6) is 0 Å². The van der Waals surface area contributed by atoms with E-state index >= 15 is 0 Å². The number of ether oxygens (including phenoxy) is 5. The van der Waals surface area contributed by atoms with Gasteiger partial charge in [0, 0.05) is 45.7 Å². The molecule has 0 fully saturated rings. The summed E-state index contributed by atoms with van der Waals surface area (Å²) in [5.41, 5.74) is 1.20. The van der Waals surface area contributed by atoms with E-state index in [4.69, 9.17) is 30.5 Å². The summed E-state index contributed by atoms with van der Waals surface area (Å²) in [5, 5.41) is 17.6. The number of aliphatic hydroxyl groups is 1. The Bertz CT molecular complexity index is 2170. The molecule has 0 radical (unpaired) electrons. The van der Waals surface area contributed by atoms with Crippen LogP contribution in [0.1, 0.15) is 62.7 Å². The van der Waals surface area contributed by atoms with Crippen molar-refractivity contribution in [1.82, 2.24) is 20.6 Å². The smallest absolute Gasteiger partial charge is 0.509 e. The van der Waals surface area contributed by atoms with Gasteiger partial charge in [0.2, 0.25) is 0 Å². The van der Waals surface area contributed by atoms with Crippen LogP contribution in [0.3, 0.4) is 0 Å². The van der Waals surface area contributed by atoms with Crippen LogP contribution in [0.25, 0.3) is 32.3 Å². The summed E-state index contributed by atoms with van der Waals surface area (Å²) in [6.07, 6.45) is -0.877. The van der Waals surface area contributed by atoms with Crippen molar-refractivity contribution in [3.8, 4) is 21.1 Å². The van der Waals surface area contributed by atoms with Crippen molar-refractivity contribution in [2.24, 2.45) is 0 Å². The number of benzene rings is 2. The molecule has 316 valence electrons. The Kier molecular flexibility index (Phi) is 16.7. The molecule has 3 N–H and O–H groups in total. The first-order chi connectivity index (χ1) is 28.0. The van der Waals surface area contributed by atoms with Gasteiger partial charge in [-0.1, -0.05) is 60.7 Å². The Labute approximate surface area is 356 Å². The van der Waals surface area contributed by atoms with Crippen LogP contribution in [0.4, 0.5) is 9.59 Å². The number of aromatic nitrogens is 2. The van der Waals surface area contributed by atoms with Gasteiger partial charge < -0.3 is 39.4 Å². The topological polar surface area (TPSA) is 184 Å². The molecule has 0 unspecified atom stereocenters. The van der Waals surface area contributed by atoms with Crippen LogP contribution in [0.2, 0.25) is 0 Å². The lowest BCUT2D eigenvalue weighted by molar-refractivity contribution is -0.116. The Morgan fingerprint density at radius 2 is 1.14 bits per heavy atom. The zero-order valence-electron chi connectivity index (χ0n) is 34.2. The first kappa shape index (κ1) is 46.6. The van der Waals surface area contributed by atoms with Gasteiger partial charge in [0.25, 0.3) is 11.8 Å². The minimum Gasteiger partial charge on any atom is -0.509 e. The largest absolute Gasteiger partial charge is 0.513 e. The summed E-state index contributed by atoms with van der Waals surface area (Å²) in [6.45, 7) is 16.8. The molecule has 2 aliphatic heterocycles. The molecule has 6 rings (SSSR count). The molecule has 4 aromatic rings. The Morgan fingerprint density at radius 1 is 0.695 bits per heavy atom. The van der Waals surface area contributed by atoms with Crippen LogP contribution in [0.15, 0.2) is 72.2 Å². The molecule has 2 aromatic heterocycles. The van der Waals surface area contributed by atoms with E-state index in [2.05, 4.69) is 25.3 Å². The molecule has 2 amide bonds. The van der Waals surface area contributed by atoms with Gasteiger partial charge in [-0.2, -0.15) is 0 Å². The molecule has 2 aromatic carbocycles. The van der Waals surface area contributed by atoms with Crippen molar-refractivity contribution in [3.63, 3.8) is 0 Å². The van der Waals surface area contributed by atoms with Crippen molar-refractivity contribution in [2.45, 2.75) is 66.5 Å². The van der Waals surface area contributed by atoms with Crippen molar-refractivity contribution in [3.05, 3.63) is 93.3 Å². The number of nitrogens with one attached hydrogen (secondary N) is 2. The van der Waals surface area contributed by atoms with E-state index in [1.165, 1.54) is 22.7 Å². The summed E-state index contributed by atoms with van der Waals surface area (Å²) in [5.74, 6) is -0.344. The summed E-state index contributed by atoms with van der Waals surface area (Å²) in [4.78, 5) is 57.9. The van der Waals surface area contributed by atoms with Crippen molar-refractivity contribution < 1.29 is 48.0 Å². The monoisotopic (exact) mass is 868 g/mol. The average Bonchev–Trinajstić information content (AvgIpc) is 3.88. The maximum absolute atomic E-state index is 12.7. The van der Waals surface area contributed by atoms with E-state index in [9.17, 15) is 24.3 Å². The summed E-state index contributed by atoms with van der Waals surface area (Å²) in [7, 11) is 0. The van der Waals surface area contributed by atoms with E-state index in [-0.39, 0.29) is 54.3 Å². The number of carbonyl (C=O) groups excluding carboxylic acids is 4. The van der Waals surface area contributed by atoms with Crippen LogP contribution >= 0.6 is 34.3 Å². The molecule has 0 saturated heterocycles. The second-order valence-electron chi connectivity index (χ2n) is 13.8. The predicted octanol–water partition coefficient (Wildman–Crippen LogP) is 8.62. The number of rotatable bonds is 13. The average molecular weight is 869 g/mol. The number of nitrogens with zero attached hydrogens (tertiary/aromatic N) is 2. The number of aryl methyl sites for hydroxylation is 2. The molecule has 0 saturated carbocycles. The minimum atomic E-state index is -0.877. The van der Waals surface area contributed by atoms with Gasteiger partial charge in [-0.25, -0.2) is 19.6 Å². The third kappa shape index (κ3) is 12.4. The lowest BCUT2D eigenvalue weighted by Gasteiger charge is -2.21. The number of amides is 2. The third-order valence-electron chi connectivity index (χ3n) is 8.52. The summed E-state index contributed by atoms with van der Waals surface area (Å²) in [6, 6.07) is 19.5. The van der Waals surface area contributed by atoms with E-state index in [1.807, 2.05) is 88.4 Å². The van der Waals surface area contributed by atoms with E-state index < -0.39 is 22.7 Å². The maximum Gasteiger partial charge on any atom is 0.513 e. The van der Waals surface area contributed by atoms with Gasteiger partial charge in [0.15, 0.2) is 5.76 Å². The second-order valence-corrected chi connectivity index (χ2v) is 16.6. The molecule has 0 bridgehead atoms. The maximum atomic E-state index is 12.7. The standard InChI is InChI=1S/C21H24N2O5S.C16H16N2O2S.C5H9ClO3/c1-5-26-11-12-27-20(25)28-17-15(18(24)23-21(17,3)4)16-13(2)29-19(22-16)14-9-7-6-8-10-14;1-9-12(11-13(19)16(2,3)18-14(11)20)17-15(21-9)10-7-5-4-6-8-10;1-2-8-3-4-9-5(6)7/h6-10H,5,11-12H2,1-4H3,(H,23,24);4-8,19H,1-3H3,(H,18,20);2-4H2,1H3. The lowest BCUT2D eigenvalue weighted by Crippen LogP contribution is -2.39. The number of hydrogen-bond donors (Lipinski definition) is 3. The van der Waals surface area contributed by atoms with Crippen LogP contribution in [0, 0.1) is 13.8 Å². The van der Waals surface area contributed by atoms with Gasteiger partial charge in [0.1, 0.15) is 40.1 Å². The first-order valence-electron chi connectivity index (χ1n) is 18.7. The van der Waals surface area contributed by atoms with Crippen LogP contribution < -0.4 is 10.6 Å². The van der Waals surface area contributed by atoms with Gasteiger partial charge in [-0.3, -0.25) is 9.59 Å². The number of hydrogen-bond acceptors (Lipinski definition) is 14. The molecule has 0 aliphatic carbocycles. The van der Waals surface area contributed by atoms with Gasteiger partial charge in [-0.05, 0) is 55.4 Å². The zero-order chi connectivity index (χ0) is 43.3. The summed E-state index contributed by atoms with van der Waals surface area (Å²) >= 11 is 7.85. The van der Waals surface area contributed by atoms with Crippen molar-refractivity contribution in [1.29, 1.82) is 0 Å². The minimum absolute atomic E-state index is 0.0560.